The lowest BCUT2D eigenvalue weighted by Gasteiger charge is -2.19. The highest BCUT2D eigenvalue weighted by Gasteiger charge is 2.29. The summed E-state index contributed by atoms with van der Waals surface area (Å²) in [5.41, 5.74) is 0.772. The fraction of sp³-hybridized carbons (Fsp3) is 0.500. The summed E-state index contributed by atoms with van der Waals surface area (Å²) in [6.07, 6.45) is -0.0805. The molecule has 0 spiro atoms. The van der Waals surface area contributed by atoms with Crippen molar-refractivity contribution in [2.45, 2.75) is 12.1 Å². The molecule has 6 heteroatoms. The third-order valence-electron chi connectivity index (χ3n) is 3.49. The Bertz CT molecular complexity index is 493. The van der Waals surface area contributed by atoms with E-state index in [0.717, 1.165) is 5.69 Å². The summed E-state index contributed by atoms with van der Waals surface area (Å²) in [6, 6.07) is 4.44. The Hall–Kier alpha value is -1.66. The lowest BCUT2D eigenvalue weighted by atomic mass is 10.1. The first-order valence-electron chi connectivity index (χ1n) is 6.54. The van der Waals surface area contributed by atoms with Crippen molar-refractivity contribution in [1.82, 2.24) is 10.6 Å². The van der Waals surface area contributed by atoms with E-state index in [9.17, 15) is 9.18 Å². The van der Waals surface area contributed by atoms with Crippen LogP contribution in [0, 0.1) is 5.82 Å². The predicted molar refractivity (Wildman–Crippen MR) is 75.6 cm³/mol. The summed E-state index contributed by atoms with van der Waals surface area (Å²) in [6.45, 7) is 1.31. The number of anilines is 1. The van der Waals surface area contributed by atoms with E-state index in [0.29, 0.717) is 13.1 Å². The summed E-state index contributed by atoms with van der Waals surface area (Å²) >= 11 is 0. The normalized spacial score (nSPS) is 21.8. The largest absolute Gasteiger partial charge is 0.378 e. The average molecular weight is 281 g/mol. The summed E-state index contributed by atoms with van der Waals surface area (Å²) in [5, 5.41) is 5.93. The van der Waals surface area contributed by atoms with Gasteiger partial charge in [0, 0.05) is 40.0 Å². The molecule has 2 rings (SSSR count). The van der Waals surface area contributed by atoms with Crippen LogP contribution in [0.5, 0.6) is 0 Å². The Morgan fingerprint density at radius 3 is 2.80 bits per heavy atom. The smallest absolute Gasteiger partial charge is 0.254 e. The zero-order valence-corrected chi connectivity index (χ0v) is 11.9. The molecule has 0 bridgehead atoms. The zero-order valence-electron chi connectivity index (χ0n) is 11.9. The summed E-state index contributed by atoms with van der Waals surface area (Å²) < 4.78 is 19.2. The molecule has 0 radical (unpaired) electrons. The molecule has 1 saturated heterocycles. The van der Waals surface area contributed by atoms with E-state index >= 15 is 0 Å². The number of carbonyl (C=O) groups excluding carboxylic acids is 1. The SMILES string of the molecule is CO[C@H]1CNC[C@@H]1NC(=O)c1ccc(N(C)C)cc1F. The molecule has 1 aliphatic rings. The van der Waals surface area contributed by atoms with Gasteiger partial charge in [-0.05, 0) is 18.2 Å². The van der Waals surface area contributed by atoms with Gasteiger partial charge in [-0.2, -0.15) is 0 Å². The van der Waals surface area contributed by atoms with Crippen LogP contribution in [0.1, 0.15) is 10.4 Å². The number of nitrogens with one attached hydrogen (secondary N) is 2. The van der Waals surface area contributed by atoms with E-state index in [1.807, 2.05) is 14.1 Å². The maximum Gasteiger partial charge on any atom is 0.254 e. The molecular formula is C14H20FN3O2. The number of carbonyl (C=O) groups is 1. The van der Waals surface area contributed by atoms with Crippen LogP contribution >= 0.6 is 0 Å². The third-order valence-corrected chi connectivity index (χ3v) is 3.49. The highest BCUT2D eigenvalue weighted by Crippen LogP contribution is 2.17. The molecular weight excluding hydrogens is 261 g/mol. The van der Waals surface area contributed by atoms with Gasteiger partial charge in [0.05, 0.1) is 17.7 Å². The van der Waals surface area contributed by atoms with Crippen molar-refractivity contribution in [3.8, 4) is 0 Å². The fourth-order valence-electron chi connectivity index (χ4n) is 2.26. The van der Waals surface area contributed by atoms with Crippen LogP contribution in [0.4, 0.5) is 10.1 Å². The van der Waals surface area contributed by atoms with Crippen molar-refractivity contribution in [1.29, 1.82) is 0 Å². The number of hydrogen-bond acceptors (Lipinski definition) is 4. The Labute approximate surface area is 118 Å². The van der Waals surface area contributed by atoms with Crippen LogP contribution in [0.3, 0.4) is 0 Å². The first kappa shape index (κ1) is 14.7. The van der Waals surface area contributed by atoms with Gasteiger partial charge in [-0.3, -0.25) is 4.79 Å². The highest BCUT2D eigenvalue weighted by molar-refractivity contribution is 5.95. The molecule has 1 fully saturated rings. The van der Waals surface area contributed by atoms with Crippen LogP contribution in [0.25, 0.3) is 0 Å². The van der Waals surface area contributed by atoms with Crippen molar-refractivity contribution in [3.63, 3.8) is 0 Å². The molecule has 1 aromatic rings. The van der Waals surface area contributed by atoms with E-state index < -0.39 is 11.7 Å². The van der Waals surface area contributed by atoms with Crippen molar-refractivity contribution in [3.05, 3.63) is 29.6 Å². The summed E-state index contributed by atoms with van der Waals surface area (Å²) in [7, 11) is 5.24. The van der Waals surface area contributed by atoms with Crippen molar-refractivity contribution in [2.24, 2.45) is 0 Å². The number of nitrogens with zero attached hydrogens (tertiary/aromatic N) is 1. The van der Waals surface area contributed by atoms with Gasteiger partial charge in [-0.1, -0.05) is 0 Å². The van der Waals surface area contributed by atoms with Gasteiger partial charge >= 0.3 is 0 Å². The maximum atomic E-state index is 14.0. The molecule has 1 heterocycles. The summed E-state index contributed by atoms with van der Waals surface area (Å²) in [5.74, 6) is -0.933. The number of halogens is 1. The van der Waals surface area contributed by atoms with Crippen LogP contribution in [0.2, 0.25) is 0 Å². The van der Waals surface area contributed by atoms with Crippen molar-refractivity contribution in [2.75, 3.05) is 39.2 Å². The number of ether oxygens (including phenoxy) is 1. The van der Waals surface area contributed by atoms with E-state index in [-0.39, 0.29) is 17.7 Å². The molecule has 20 heavy (non-hydrogen) atoms. The van der Waals surface area contributed by atoms with Gasteiger partial charge in [0.15, 0.2) is 0 Å². The van der Waals surface area contributed by atoms with Crippen molar-refractivity contribution < 1.29 is 13.9 Å². The predicted octanol–water partition coefficient (Wildman–Crippen LogP) is 0.608. The topological polar surface area (TPSA) is 53.6 Å². The van der Waals surface area contributed by atoms with Gasteiger partial charge < -0.3 is 20.3 Å². The second kappa shape index (κ2) is 6.19. The minimum atomic E-state index is -0.520. The van der Waals surface area contributed by atoms with Gasteiger partial charge in [0.1, 0.15) is 5.82 Å². The van der Waals surface area contributed by atoms with E-state index in [4.69, 9.17) is 4.74 Å². The van der Waals surface area contributed by atoms with Gasteiger partial charge in [-0.15, -0.1) is 0 Å². The van der Waals surface area contributed by atoms with E-state index in [1.54, 1.807) is 18.1 Å². The lowest BCUT2D eigenvalue weighted by Crippen LogP contribution is -2.43. The second-order valence-electron chi connectivity index (χ2n) is 5.07. The summed E-state index contributed by atoms with van der Waals surface area (Å²) in [4.78, 5) is 13.9. The molecule has 2 N–H and O–H groups in total. The molecule has 0 saturated carbocycles. The van der Waals surface area contributed by atoms with Gasteiger partial charge in [0.2, 0.25) is 0 Å². The van der Waals surface area contributed by atoms with E-state index in [1.165, 1.54) is 12.1 Å². The number of hydrogen-bond donors (Lipinski definition) is 2. The Morgan fingerprint density at radius 1 is 1.45 bits per heavy atom. The quantitative estimate of drug-likeness (QED) is 0.849. The van der Waals surface area contributed by atoms with Gasteiger partial charge in [0.25, 0.3) is 5.91 Å². The number of benzene rings is 1. The molecule has 1 aromatic carbocycles. The Morgan fingerprint density at radius 2 is 2.20 bits per heavy atom. The molecule has 1 aliphatic heterocycles. The zero-order chi connectivity index (χ0) is 14.7. The lowest BCUT2D eigenvalue weighted by molar-refractivity contribution is 0.0777. The van der Waals surface area contributed by atoms with E-state index in [2.05, 4.69) is 10.6 Å². The first-order chi connectivity index (χ1) is 9.52. The number of methoxy groups -OCH3 is 1. The van der Waals surface area contributed by atoms with Gasteiger partial charge in [-0.25, -0.2) is 4.39 Å². The third kappa shape index (κ3) is 3.08. The Kier molecular flexibility index (Phi) is 4.57. The monoisotopic (exact) mass is 281 g/mol. The highest BCUT2D eigenvalue weighted by atomic mass is 19.1. The average Bonchev–Trinajstić information content (AvgIpc) is 2.85. The number of rotatable bonds is 4. The molecule has 0 aromatic heterocycles. The molecule has 1 amide bonds. The molecule has 110 valence electrons. The minimum Gasteiger partial charge on any atom is -0.378 e. The molecule has 0 unspecified atom stereocenters. The number of amides is 1. The van der Waals surface area contributed by atoms with Crippen LogP contribution < -0.4 is 15.5 Å². The minimum absolute atomic E-state index is 0.0531. The maximum absolute atomic E-state index is 14.0. The van der Waals surface area contributed by atoms with Crippen LogP contribution in [-0.4, -0.2) is 52.3 Å². The standard InChI is InChI=1S/C14H20FN3O2/c1-18(2)9-4-5-10(11(15)6-9)14(19)17-12-7-16-8-13(12)20-3/h4-6,12-13,16H,7-8H2,1-3H3,(H,17,19)/t12-,13-/m0/s1. The van der Waals surface area contributed by atoms with Crippen LogP contribution in [-0.2, 0) is 4.74 Å². The van der Waals surface area contributed by atoms with Crippen molar-refractivity contribution >= 4 is 11.6 Å². The molecule has 2 atom stereocenters. The Balaban J connectivity index is 2.09. The fourth-order valence-corrected chi connectivity index (χ4v) is 2.26. The first-order valence-corrected chi connectivity index (χ1v) is 6.54. The molecule has 5 nitrogen and oxygen atoms in total. The molecule has 0 aliphatic carbocycles. The second-order valence-corrected chi connectivity index (χ2v) is 5.07. The van der Waals surface area contributed by atoms with Crippen LogP contribution in [0.15, 0.2) is 18.2 Å².